The predicted molar refractivity (Wildman–Crippen MR) is 93.3 cm³/mol. The first-order chi connectivity index (χ1) is 12.9. The van der Waals surface area contributed by atoms with Crippen LogP contribution in [0.15, 0.2) is 18.2 Å². The lowest BCUT2D eigenvalue weighted by atomic mass is 10.2. The van der Waals surface area contributed by atoms with E-state index in [1.165, 1.54) is 0 Å². The summed E-state index contributed by atoms with van der Waals surface area (Å²) in [5, 5.41) is 2.47. The maximum Gasteiger partial charge on any atom is 0.325 e. The standard InChI is InChI=1S/C16H18N6O5/c1-22(2)16-20-12(19-15(17)21-16)7-25-13(23)6-18-14(24)9-3-4-10-11(5-9)27-8-26-10/h3-5H,6-8H2,1-2H3,(H,18,24)(H2,17,19,20,21). The highest BCUT2D eigenvalue weighted by Gasteiger charge is 2.17. The number of amides is 1. The Balaban J connectivity index is 1.50. The summed E-state index contributed by atoms with van der Waals surface area (Å²) in [5.41, 5.74) is 5.94. The van der Waals surface area contributed by atoms with Crippen LogP contribution in [-0.4, -0.2) is 54.3 Å². The summed E-state index contributed by atoms with van der Waals surface area (Å²) in [6.45, 7) is -0.384. The number of nitrogens with two attached hydrogens (primary N) is 1. The first-order valence-corrected chi connectivity index (χ1v) is 7.93. The summed E-state index contributed by atoms with van der Waals surface area (Å²) < 4.78 is 15.4. The molecule has 11 nitrogen and oxygen atoms in total. The quantitative estimate of drug-likeness (QED) is 0.648. The molecule has 2 aromatic rings. The Labute approximate surface area is 154 Å². The molecule has 3 rings (SSSR count). The van der Waals surface area contributed by atoms with Gasteiger partial charge in [-0.15, -0.1) is 0 Å². The normalized spacial score (nSPS) is 11.8. The number of benzene rings is 1. The van der Waals surface area contributed by atoms with Crippen LogP contribution in [0.3, 0.4) is 0 Å². The molecule has 0 saturated carbocycles. The second-order valence-electron chi connectivity index (χ2n) is 5.72. The van der Waals surface area contributed by atoms with Crippen LogP contribution in [0.25, 0.3) is 0 Å². The molecule has 1 aromatic carbocycles. The summed E-state index contributed by atoms with van der Waals surface area (Å²) in [4.78, 5) is 37.6. The predicted octanol–water partition coefficient (Wildman–Crippen LogP) is -0.278. The molecule has 0 aliphatic carbocycles. The minimum Gasteiger partial charge on any atom is -0.456 e. The van der Waals surface area contributed by atoms with E-state index >= 15 is 0 Å². The molecule has 0 fully saturated rings. The van der Waals surface area contributed by atoms with Crippen LogP contribution in [0.1, 0.15) is 16.2 Å². The largest absolute Gasteiger partial charge is 0.456 e. The fourth-order valence-electron chi connectivity index (χ4n) is 2.18. The smallest absolute Gasteiger partial charge is 0.325 e. The number of carbonyl (C=O) groups excluding carboxylic acids is 2. The molecule has 0 radical (unpaired) electrons. The number of nitrogen functional groups attached to an aromatic ring is 1. The average Bonchev–Trinajstić information content (AvgIpc) is 3.11. The molecule has 1 aromatic heterocycles. The van der Waals surface area contributed by atoms with Crippen LogP contribution in [0, 0.1) is 0 Å². The summed E-state index contributed by atoms with van der Waals surface area (Å²) in [6.07, 6.45) is 0. The number of anilines is 2. The molecule has 27 heavy (non-hydrogen) atoms. The number of hydrogen-bond acceptors (Lipinski definition) is 10. The van der Waals surface area contributed by atoms with Gasteiger partial charge in [-0.25, -0.2) is 0 Å². The van der Waals surface area contributed by atoms with E-state index in [9.17, 15) is 9.59 Å². The third-order valence-corrected chi connectivity index (χ3v) is 3.48. The summed E-state index contributed by atoms with van der Waals surface area (Å²) in [5.74, 6) is 0.551. The molecule has 2 heterocycles. The van der Waals surface area contributed by atoms with Crippen molar-refractivity contribution in [3.8, 4) is 11.5 Å². The third-order valence-electron chi connectivity index (χ3n) is 3.48. The van der Waals surface area contributed by atoms with Gasteiger partial charge in [0.05, 0.1) is 0 Å². The lowest BCUT2D eigenvalue weighted by Gasteiger charge is -2.11. The number of rotatable bonds is 6. The van der Waals surface area contributed by atoms with Gasteiger partial charge in [0.2, 0.25) is 18.7 Å². The zero-order chi connectivity index (χ0) is 19.4. The molecule has 1 amide bonds. The molecular formula is C16H18N6O5. The zero-order valence-corrected chi connectivity index (χ0v) is 14.8. The molecule has 1 aliphatic heterocycles. The summed E-state index contributed by atoms with van der Waals surface area (Å²) >= 11 is 0. The van der Waals surface area contributed by atoms with E-state index in [1.807, 2.05) is 0 Å². The molecule has 0 spiro atoms. The van der Waals surface area contributed by atoms with Gasteiger partial charge in [0.1, 0.15) is 6.54 Å². The van der Waals surface area contributed by atoms with Crippen LogP contribution in [0.5, 0.6) is 11.5 Å². The van der Waals surface area contributed by atoms with Crippen molar-refractivity contribution in [2.24, 2.45) is 0 Å². The van der Waals surface area contributed by atoms with Gasteiger partial charge < -0.3 is 30.2 Å². The van der Waals surface area contributed by atoms with Gasteiger partial charge in [0.15, 0.2) is 23.9 Å². The van der Waals surface area contributed by atoms with Gasteiger partial charge in [0, 0.05) is 19.7 Å². The topological polar surface area (TPSA) is 142 Å². The van der Waals surface area contributed by atoms with E-state index in [0.717, 1.165) is 0 Å². The van der Waals surface area contributed by atoms with Crippen LogP contribution in [-0.2, 0) is 16.1 Å². The Hall–Kier alpha value is -3.63. The van der Waals surface area contributed by atoms with E-state index in [2.05, 4.69) is 20.3 Å². The number of carbonyl (C=O) groups is 2. The van der Waals surface area contributed by atoms with Crippen molar-refractivity contribution in [1.29, 1.82) is 0 Å². The molecule has 142 valence electrons. The van der Waals surface area contributed by atoms with E-state index in [-0.39, 0.29) is 31.7 Å². The lowest BCUT2D eigenvalue weighted by molar-refractivity contribution is -0.143. The fraction of sp³-hybridized carbons (Fsp3) is 0.312. The van der Waals surface area contributed by atoms with Crippen LogP contribution in [0.2, 0.25) is 0 Å². The van der Waals surface area contributed by atoms with Gasteiger partial charge in [0.25, 0.3) is 5.91 Å². The second kappa shape index (κ2) is 7.72. The van der Waals surface area contributed by atoms with Crippen molar-refractivity contribution in [2.45, 2.75) is 6.61 Å². The van der Waals surface area contributed by atoms with Crippen LogP contribution in [0.4, 0.5) is 11.9 Å². The van der Waals surface area contributed by atoms with Crippen LogP contribution < -0.4 is 25.4 Å². The Morgan fingerprint density at radius 3 is 2.78 bits per heavy atom. The van der Waals surface area contributed by atoms with Crippen molar-refractivity contribution >= 4 is 23.8 Å². The second-order valence-corrected chi connectivity index (χ2v) is 5.72. The minimum atomic E-state index is -0.644. The van der Waals surface area contributed by atoms with Crippen molar-refractivity contribution in [3.05, 3.63) is 29.6 Å². The van der Waals surface area contributed by atoms with E-state index in [1.54, 1.807) is 37.2 Å². The minimum absolute atomic E-state index is 0.0239. The fourth-order valence-corrected chi connectivity index (χ4v) is 2.18. The van der Waals surface area contributed by atoms with Crippen molar-refractivity contribution < 1.29 is 23.8 Å². The summed E-state index contributed by atoms with van der Waals surface area (Å²) in [6, 6.07) is 4.74. The average molecular weight is 374 g/mol. The third kappa shape index (κ3) is 4.51. The van der Waals surface area contributed by atoms with E-state index in [0.29, 0.717) is 23.0 Å². The molecule has 0 unspecified atom stereocenters. The Bertz CT molecular complexity index is 872. The first-order valence-electron chi connectivity index (χ1n) is 7.93. The maximum atomic E-state index is 12.1. The van der Waals surface area contributed by atoms with Crippen molar-refractivity contribution in [1.82, 2.24) is 20.3 Å². The number of nitrogens with zero attached hydrogens (tertiary/aromatic N) is 4. The van der Waals surface area contributed by atoms with Crippen LogP contribution >= 0.6 is 0 Å². The molecular weight excluding hydrogens is 356 g/mol. The maximum absolute atomic E-state index is 12.1. The number of ether oxygens (including phenoxy) is 3. The number of aromatic nitrogens is 3. The first kappa shape index (κ1) is 18.2. The lowest BCUT2D eigenvalue weighted by Crippen LogP contribution is -2.30. The number of nitrogens with one attached hydrogen (secondary N) is 1. The monoisotopic (exact) mass is 374 g/mol. The van der Waals surface area contributed by atoms with Crippen molar-refractivity contribution in [3.63, 3.8) is 0 Å². The van der Waals surface area contributed by atoms with Gasteiger partial charge in [-0.05, 0) is 18.2 Å². The highest BCUT2D eigenvalue weighted by Crippen LogP contribution is 2.32. The van der Waals surface area contributed by atoms with E-state index in [4.69, 9.17) is 19.9 Å². The molecule has 11 heteroatoms. The molecule has 1 aliphatic rings. The molecule has 0 bridgehead atoms. The Kier molecular flexibility index (Phi) is 5.20. The molecule has 3 N–H and O–H groups in total. The number of esters is 1. The highest BCUT2D eigenvalue weighted by atomic mass is 16.7. The SMILES string of the molecule is CN(C)c1nc(N)nc(COC(=O)CNC(=O)c2ccc3c(c2)OCO3)n1. The number of hydrogen-bond donors (Lipinski definition) is 2. The molecule has 0 saturated heterocycles. The zero-order valence-electron chi connectivity index (χ0n) is 14.8. The van der Waals surface area contributed by atoms with Gasteiger partial charge in [-0.2, -0.15) is 15.0 Å². The van der Waals surface area contributed by atoms with Gasteiger partial charge >= 0.3 is 5.97 Å². The highest BCUT2D eigenvalue weighted by molar-refractivity contribution is 5.96. The molecule has 0 atom stereocenters. The Morgan fingerprint density at radius 1 is 1.22 bits per heavy atom. The van der Waals surface area contributed by atoms with E-state index < -0.39 is 11.9 Å². The number of fused-ring (bicyclic) bond motifs is 1. The van der Waals surface area contributed by atoms with Gasteiger partial charge in [-0.3, -0.25) is 9.59 Å². The van der Waals surface area contributed by atoms with Gasteiger partial charge in [-0.1, -0.05) is 0 Å². The Morgan fingerprint density at radius 2 is 2.00 bits per heavy atom. The van der Waals surface area contributed by atoms with Crippen molar-refractivity contribution in [2.75, 3.05) is 38.1 Å². The summed E-state index contributed by atoms with van der Waals surface area (Å²) in [7, 11) is 3.49.